The first kappa shape index (κ1) is 29.0. The summed E-state index contributed by atoms with van der Waals surface area (Å²) in [6.07, 6.45) is 0. The van der Waals surface area contributed by atoms with Crippen molar-refractivity contribution in [3.63, 3.8) is 0 Å². The second-order valence-corrected chi connectivity index (χ2v) is 14.6. The van der Waals surface area contributed by atoms with Crippen LogP contribution in [0.2, 0.25) is 0 Å². The van der Waals surface area contributed by atoms with E-state index in [0.717, 1.165) is 22.3 Å². The van der Waals surface area contributed by atoms with E-state index < -0.39 is 0 Å². The smallest absolute Gasteiger partial charge is 0.164 e. The number of thiophene rings is 2. The molecular weight excluding hydrogens is 647 g/mol. The van der Waals surface area contributed by atoms with E-state index >= 15 is 0 Å². The Morgan fingerprint density at radius 3 is 1.64 bits per heavy atom. The highest BCUT2D eigenvalue weighted by Crippen LogP contribution is 2.43. The van der Waals surface area contributed by atoms with Crippen LogP contribution in [0.4, 0.5) is 0 Å². The van der Waals surface area contributed by atoms with E-state index in [1.54, 1.807) is 0 Å². The number of benzene rings is 7. The van der Waals surface area contributed by atoms with Crippen LogP contribution in [0.5, 0.6) is 0 Å². The summed E-state index contributed by atoms with van der Waals surface area (Å²) in [6.45, 7) is 0. The van der Waals surface area contributed by atoms with Gasteiger partial charge in [0.2, 0.25) is 0 Å². The minimum Gasteiger partial charge on any atom is -0.208 e. The van der Waals surface area contributed by atoms with Gasteiger partial charge < -0.3 is 0 Å². The number of aromatic nitrogens is 3. The third kappa shape index (κ3) is 4.98. The van der Waals surface area contributed by atoms with Crippen LogP contribution in [0.15, 0.2) is 164 Å². The largest absolute Gasteiger partial charge is 0.208 e. The number of nitrogens with zero attached hydrogens (tertiary/aromatic N) is 3. The van der Waals surface area contributed by atoms with E-state index in [9.17, 15) is 0 Å². The zero-order valence-electron chi connectivity index (χ0n) is 26.7. The van der Waals surface area contributed by atoms with Gasteiger partial charge in [0.25, 0.3) is 0 Å². The summed E-state index contributed by atoms with van der Waals surface area (Å²) in [5, 5.41) is 5.26. The molecule has 0 unspecified atom stereocenters. The molecule has 0 saturated carbocycles. The zero-order chi connectivity index (χ0) is 33.0. The molecule has 0 N–H and O–H groups in total. The molecule has 5 heteroatoms. The van der Waals surface area contributed by atoms with Crippen LogP contribution in [-0.2, 0) is 0 Å². The molecule has 0 aliphatic carbocycles. The summed E-state index contributed by atoms with van der Waals surface area (Å²) in [6, 6.07) is 58.0. The highest BCUT2D eigenvalue weighted by atomic mass is 32.1. The second kappa shape index (κ2) is 11.8. The fourth-order valence-electron chi connectivity index (χ4n) is 6.92. The maximum Gasteiger partial charge on any atom is 0.164 e. The van der Waals surface area contributed by atoms with Gasteiger partial charge in [-0.15, -0.1) is 22.7 Å². The SMILES string of the molecule is c1ccc(-c2nc(-c3ccccc3)nc(-c3cccc(-c4ccc5c(c4)sc4ccc(-c6cccc7sc8ccccc8c67)cc45)c3)n2)cc1. The molecule has 0 fully saturated rings. The maximum absolute atomic E-state index is 4.96. The van der Waals surface area contributed by atoms with Crippen molar-refractivity contribution >= 4 is 63.0 Å². The van der Waals surface area contributed by atoms with Crippen LogP contribution < -0.4 is 0 Å². The van der Waals surface area contributed by atoms with Gasteiger partial charge in [-0.3, -0.25) is 0 Å². The number of hydrogen-bond donors (Lipinski definition) is 0. The van der Waals surface area contributed by atoms with Crippen molar-refractivity contribution in [1.82, 2.24) is 15.0 Å². The number of hydrogen-bond acceptors (Lipinski definition) is 5. The third-order valence-electron chi connectivity index (χ3n) is 9.34. The van der Waals surface area contributed by atoms with E-state index in [4.69, 9.17) is 15.0 Å². The monoisotopic (exact) mass is 673 g/mol. The Hall–Kier alpha value is -6.01. The Bertz CT molecular complexity index is 2810. The van der Waals surface area contributed by atoms with Crippen LogP contribution in [0, 0.1) is 0 Å². The van der Waals surface area contributed by atoms with Crippen molar-refractivity contribution in [3.8, 4) is 56.4 Å². The van der Waals surface area contributed by atoms with Crippen molar-refractivity contribution < 1.29 is 0 Å². The lowest BCUT2D eigenvalue weighted by Gasteiger charge is -2.10. The topological polar surface area (TPSA) is 38.7 Å². The third-order valence-corrected chi connectivity index (χ3v) is 11.6. The zero-order valence-corrected chi connectivity index (χ0v) is 28.4. The van der Waals surface area contributed by atoms with Crippen LogP contribution in [0.3, 0.4) is 0 Å². The molecule has 0 radical (unpaired) electrons. The molecule has 7 aromatic carbocycles. The molecule has 0 spiro atoms. The summed E-state index contributed by atoms with van der Waals surface area (Å²) in [5.41, 5.74) is 7.72. The van der Waals surface area contributed by atoms with E-state index in [1.807, 2.05) is 83.3 Å². The lowest BCUT2D eigenvalue weighted by Crippen LogP contribution is -2.00. The average Bonchev–Trinajstić information content (AvgIpc) is 3.76. The Balaban J connectivity index is 1.05. The minimum absolute atomic E-state index is 0.656. The number of rotatable bonds is 5. The molecule has 50 heavy (non-hydrogen) atoms. The lowest BCUT2D eigenvalue weighted by atomic mass is 9.97. The van der Waals surface area contributed by atoms with Crippen molar-refractivity contribution in [2.45, 2.75) is 0 Å². The molecule has 0 amide bonds. The summed E-state index contributed by atoms with van der Waals surface area (Å²) < 4.78 is 5.23. The molecule has 3 aromatic heterocycles. The summed E-state index contributed by atoms with van der Waals surface area (Å²) in [5.74, 6) is 1.98. The van der Waals surface area contributed by atoms with E-state index in [1.165, 1.54) is 57.0 Å². The van der Waals surface area contributed by atoms with Gasteiger partial charge in [0.1, 0.15) is 0 Å². The molecule has 3 heterocycles. The van der Waals surface area contributed by atoms with Crippen LogP contribution in [-0.4, -0.2) is 15.0 Å². The molecule has 0 saturated heterocycles. The highest BCUT2D eigenvalue weighted by Gasteiger charge is 2.15. The predicted molar refractivity (Wildman–Crippen MR) is 213 cm³/mol. The van der Waals surface area contributed by atoms with E-state index in [-0.39, 0.29) is 0 Å². The fraction of sp³-hybridized carbons (Fsp3) is 0. The second-order valence-electron chi connectivity index (χ2n) is 12.4. The molecule has 3 nitrogen and oxygen atoms in total. The van der Waals surface area contributed by atoms with Crippen LogP contribution in [0.1, 0.15) is 0 Å². The predicted octanol–water partition coefficient (Wildman–Crippen LogP) is 12.9. The summed E-state index contributed by atoms with van der Waals surface area (Å²) in [4.78, 5) is 14.8. The maximum atomic E-state index is 4.96. The van der Waals surface area contributed by atoms with Crippen molar-refractivity contribution in [2.75, 3.05) is 0 Å². The van der Waals surface area contributed by atoms with Crippen LogP contribution in [0.25, 0.3) is 96.8 Å². The van der Waals surface area contributed by atoms with Gasteiger partial charge in [-0.1, -0.05) is 127 Å². The summed E-state index contributed by atoms with van der Waals surface area (Å²) in [7, 11) is 0. The first-order chi connectivity index (χ1) is 24.7. The van der Waals surface area contributed by atoms with Gasteiger partial charge in [-0.2, -0.15) is 0 Å². The standard InChI is InChI=1S/C45H27N3S2/c1-3-11-28(12-4-1)43-46-44(29-13-5-2-6-14-29)48-45(47-43)33-16-9-15-30(25-33)31-21-23-35-37-26-32(22-24-39(37)50-41(35)27-31)34-18-10-20-40-42(34)36-17-7-8-19-38(36)49-40/h1-27H. The van der Waals surface area contributed by atoms with Gasteiger partial charge in [-0.05, 0) is 58.7 Å². The fourth-order valence-corrected chi connectivity index (χ4v) is 9.17. The Labute approximate surface area is 296 Å². The molecule has 0 atom stereocenters. The Morgan fingerprint density at radius 2 is 0.860 bits per heavy atom. The Morgan fingerprint density at radius 1 is 0.300 bits per heavy atom. The van der Waals surface area contributed by atoms with Crippen molar-refractivity contribution in [3.05, 3.63) is 164 Å². The lowest BCUT2D eigenvalue weighted by molar-refractivity contribution is 1.07. The molecule has 0 aliphatic rings. The molecule has 0 aliphatic heterocycles. The minimum atomic E-state index is 0.656. The quantitative estimate of drug-likeness (QED) is 0.182. The average molecular weight is 674 g/mol. The normalized spacial score (nSPS) is 11.6. The van der Waals surface area contributed by atoms with Gasteiger partial charge in [-0.25, -0.2) is 15.0 Å². The molecule has 0 bridgehead atoms. The van der Waals surface area contributed by atoms with Gasteiger partial charge >= 0.3 is 0 Å². The first-order valence-electron chi connectivity index (χ1n) is 16.6. The van der Waals surface area contributed by atoms with Crippen molar-refractivity contribution in [1.29, 1.82) is 0 Å². The van der Waals surface area contributed by atoms with Gasteiger partial charge in [0.05, 0.1) is 0 Å². The van der Waals surface area contributed by atoms with E-state index in [2.05, 4.69) is 103 Å². The Kier molecular flexibility index (Phi) is 6.86. The van der Waals surface area contributed by atoms with Crippen molar-refractivity contribution in [2.24, 2.45) is 0 Å². The molecular formula is C45H27N3S2. The van der Waals surface area contributed by atoms with Crippen LogP contribution >= 0.6 is 22.7 Å². The van der Waals surface area contributed by atoms with Gasteiger partial charge in [0, 0.05) is 57.0 Å². The summed E-state index contributed by atoms with van der Waals surface area (Å²) >= 11 is 3.72. The molecule has 234 valence electrons. The highest BCUT2D eigenvalue weighted by molar-refractivity contribution is 7.26. The van der Waals surface area contributed by atoms with E-state index in [0.29, 0.717) is 17.5 Å². The molecule has 10 rings (SSSR count). The van der Waals surface area contributed by atoms with Gasteiger partial charge in [0.15, 0.2) is 17.5 Å². The molecule has 10 aromatic rings. The first-order valence-corrected chi connectivity index (χ1v) is 18.2. The number of fused-ring (bicyclic) bond motifs is 6.